The van der Waals surface area contributed by atoms with E-state index in [2.05, 4.69) is 18.8 Å². The van der Waals surface area contributed by atoms with Gasteiger partial charge < -0.3 is 0 Å². The Morgan fingerprint density at radius 1 is 0.652 bits per heavy atom. The highest BCUT2D eigenvalue weighted by molar-refractivity contribution is 6.08. The van der Waals surface area contributed by atoms with Crippen molar-refractivity contribution in [2.45, 2.75) is 6.92 Å². The Morgan fingerprint density at radius 2 is 1.13 bits per heavy atom. The Balaban J connectivity index is 1.78. The molecule has 0 radical (unpaired) electrons. The van der Waals surface area contributed by atoms with Gasteiger partial charge in [0.05, 0.1) is 0 Å². The number of hydrogen-bond donors (Lipinski definition) is 0. The van der Waals surface area contributed by atoms with Gasteiger partial charge in [0.15, 0.2) is 5.78 Å². The molecule has 1 heteroatoms. The third kappa shape index (κ3) is 3.75. The minimum absolute atomic E-state index is 0.0312. The summed E-state index contributed by atoms with van der Waals surface area (Å²) in [5.41, 5.74) is 4.48. The van der Waals surface area contributed by atoms with Crippen LogP contribution in [0.15, 0.2) is 78.9 Å². The van der Waals surface area contributed by atoms with Crippen molar-refractivity contribution in [2.75, 3.05) is 0 Å². The van der Waals surface area contributed by atoms with Crippen LogP contribution in [0.3, 0.4) is 0 Å². The van der Waals surface area contributed by atoms with Crippen molar-refractivity contribution in [3.05, 3.63) is 107 Å². The fraction of sp³-hybridized carbons (Fsp3) is 0.0455. The van der Waals surface area contributed by atoms with E-state index in [9.17, 15) is 4.79 Å². The quantitative estimate of drug-likeness (QED) is 0.498. The minimum atomic E-state index is 0.0312. The first-order valence-corrected chi connectivity index (χ1v) is 7.51. The van der Waals surface area contributed by atoms with E-state index in [0.29, 0.717) is 11.1 Å². The maximum absolute atomic E-state index is 12.3. The van der Waals surface area contributed by atoms with Crippen LogP contribution in [0, 0.1) is 18.8 Å². The van der Waals surface area contributed by atoms with Crippen LogP contribution in [0.5, 0.6) is 0 Å². The minimum Gasteiger partial charge on any atom is -0.289 e. The highest BCUT2D eigenvalue weighted by Crippen LogP contribution is 2.11. The molecule has 0 aliphatic rings. The van der Waals surface area contributed by atoms with Crippen LogP contribution in [0.2, 0.25) is 0 Å². The fourth-order valence-corrected chi connectivity index (χ4v) is 2.24. The molecule has 0 unspecified atom stereocenters. The molecule has 0 amide bonds. The molecule has 3 rings (SSSR count). The Bertz CT molecular complexity index is 861. The summed E-state index contributed by atoms with van der Waals surface area (Å²) in [6.45, 7) is 2.06. The molecule has 3 aromatic carbocycles. The van der Waals surface area contributed by atoms with Gasteiger partial charge in [0, 0.05) is 22.3 Å². The second-order valence-electron chi connectivity index (χ2n) is 5.39. The average Bonchev–Trinajstić information content (AvgIpc) is 2.62. The van der Waals surface area contributed by atoms with Crippen LogP contribution in [0.1, 0.15) is 32.6 Å². The molecule has 0 fully saturated rings. The molecule has 0 aromatic heterocycles. The Kier molecular flexibility index (Phi) is 4.36. The third-order valence-electron chi connectivity index (χ3n) is 3.59. The molecular weight excluding hydrogens is 280 g/mol. The first-order valence-electron chi connectivity index (χ1n) is 7.51. The summed E-state index contributed by atoms with van der Waals surface area (Å²) in [6, 6.07) is 24.8. The molecule has 0 heterocycles. The molecule has 1 nitrogen and oxygen atoms in total. The van der Waals surface area contributed by atoms with E-state index in [0.717, 1.165) is 11.1 Å². The zero-order valence-electron chi connectivity index (χ0n) is 12.9. The van der Waals surface area contributed by atoms with Crippen LogP contribution < -0.4 is 0 Å². The van der Waals surface area contributed by atoms with E-state index >= 15 is 0 Å². The van der Waals surface area contributed by atoms with Gasteiger partial charge in [0.1, 0.15) is 0 Å². The lowest BCUT2D eigenvalue weighted by molar-refractivity contribution is 0.103. The van der Waals surface area contributed by atoms with Gasteiger partial charge >= 0.3 is 0 Å². The van der Waals surface area contributed by atoms with Gasteiger partial charge in [-0.15, -0.1) is 0 Å². The first kappa shape index (κ1) is 14.8. The summed E-state index contributed by atoms with van der Waals surface area (Å²) < 4.78 is 0. The fourth-order valence-electron chi connectivity index (χ4n) is 2.24. The predicted octanol–water partition coefficient (Wildman–Crippen LogP) is 4.63. The molecule has 0 saturated heterocycles. The van der Waals surface area contributed by atoms with E-state index < -0.39 is 0 Å². The molecule has 0 aliphatic carbocycles. The summed E-state index contributed by atoms with van der Waals surface area (Å²) in [6.07, 6.45) is 0. The van der Waals surface area contributed by atoms with E-state index in [1.165, 1.54) is 5.56 Å². The van der Waals surface area contributed by atoms with Crippen molar-refractivity contribution in [3.63, 3.8) is 0 Å². The number of rotatable bonds is 2. The van der Waals surface area contributed by atoms with Crippen LogP contribution in [-0.2, 0) is 0 Å². The van der Waals surface area contributed by atoms with Crippen molar-refractivity contribution in [3.8, 4) is 11.8 Å². The number of carbonyl (C=O) groups excluding carboxylic acids is 1. The molecule has 23 heavy (non-hydrogen) atoms. The zero-order valence-corrected chi connectivity index (χ0v) is 12.9. The maximum atomic E-state index is 12.3. The highest BCUT2D eigenvalue weighted by Gasteiger charge is 2.07. The van der Waals surface area contributed by atoms with Crippen LogP contribution >= 0.6 is 0 Å². The zero-order chi connectivity index (χ0) is 16.1. The molecule has 110 valence electrons. The van der Waals surface area contributed by atoms with Crippen LogP contribution in [0.25, 0.3) is 0 Å². The predicted molar refractivity (Wildman–Crippen MR) is 93.5 cm³/mol. The van der Waals surface area contributed by atoms with Gasteiger partial charge in [-0.2, -0.15) is 0 Å². The molecule has 0 atom stereocenters. The monoisotopic (exact) mass is 296 g/mol. The Morgan fingerprint density at radius 3 is 1.70 bits per heavy atom. The van der Waals surface area contributed by atoms with Crippen molar-refractivity contribution in [1.29, 1.82) is 0 Å². The van der Waals surface area contributed by atoms with Gasteiger partial charge in [-0.1, -0.05) is 59.9 Å². The van der Waals surface area contributed by atoms with E-state index in [1.54, 1.807) is 0 Å². The van der Waals surface area contributed by atoms with Crippen LogP contribution in [-0.4, -0.2) is 5.78 Å². The van der Waals surface area contributed by atoms with Gasteiger partial charge in [0.25, 0.3) is 0 Å². The standard InChI is InChI=1S/C22H16O/c1-17-7-9-18(10-8-17)11-12-19-13-15-21(16-14-19)22(23)20-5-3-2-4-6-20/h2-10,13-16H,1H3. The lowest BCUT2D eigenvalue weighted by Gasteiger charge is -2.01. The van der Waals surface area contributed by atoms with E-state index in [1.807, 2.05) is 78.9 Å². The smallest absolute Gasteiger partial charge is 0.193 e. The van der Waals surface area contributed by atoms with Crippen molar-refractivity contribution in [1.82, 2.24) is 0 Å². The summed E-state index contributed by atoms with van der Waals surface area (Å²) in [5.74, 6) is 6.29. The number of ketones is 1. The molecular formula is C22H16O. The number of hydrogen-bond acceptors (Lipinski definition) is 1. The largest absolute Gasteiger partial charge is 0.289 e. The lowest BCUT2D eigenvalue weighted by Crippen LogP contribution is -2.00. The molecule has 0 saturated carbocycles. The lowest BCUT2D eigenvalue weighted by atomic mass is 10.0. The molecule has 0 spiro atoms. The molecule has 0 bridgehead atoms. The van der Waals surface area contributed by atoms with E-state index in [4.69, 9.17) is 0 Å². The summed E-state index contributed by atoms with van der Waals surface area (Å²) in [5, 5.41) is 0. The third-order valence-corrected chi connectivity index (χ3v) is 3.59. The van der Waals surface area contributed by atoms with Crippen molar-refractivity contribution in [2.24, 2.45) is 0 Å². The normalized spacial score (nSPS) is 9.78. The summed E-state index contributed by atoms with van der Waals surface area (Å²) >= 11 is 0. The van der Waals surface area contributed by atoms with Gasteiger partial charge in [-0.05, 0) is 43.3 Å². The number of aryl methyl sites for hydroxylation is 1. The van der Waals surface area contributed by atoms with Gasteiger partial charge in [-0.25, -0.2) is 0 Å². The Labute approximate surface area is 136 Å². The molecule has 0 aliphatic heterocycles. The van der Waals surface area contributed by atoms with Crippen molar-refractivity contribution >= 4 is 5.78 Å². The van der Waals surface area contributed by atoms with Crippen LogP contribution in [0.4, 0.5) is 0 Å². The summed E-state index contributed by atoms with van der Waals surface area (Å²) in [4.78, 5) is 12.3. The second kappa shape index (κ2) is 6.77. The summed E-state index contributed by atoms with van der Waals surface area (Å²) in [7, 11) is 0. The second-order valence-corrected chi connectivity index (χ2v) is 5.39. The topological polar surface area (TPSA) is 17.1 Å². The van der Waals surface area contributed by atoms with Gasteiger partial charge in [0.2, 0.25) is 0 Å². The first-order chi connectivity index (χ1) is 11.2. The van der Waals surface area contributed by atoms with Gasteiger partial charge in [-0.3, -0.25) is 4.79 Å². The Hall–Kier alpha value is -3.11. The highest BCUT2D eigenvalue weighted by atomic mass is 16.1. The SMILES string of the molecule is Cc1ccc(C#Cc2ccc(C(=O)c3ccccc3)cc2)cc1. The number of carbonyl (C=O) groups is 1. The molecule has 0 N–H and O–H groups in total. The average molecular weight is 296 g/mol. The number of benzene rings is 3. The maximum Gasteiger partial charge on any atom is 0.193 e. The molecule has 3 aromatic rings. The van der Waals surface area contributed by atoms with Crippen molar-refractivity contribution < 1.29 is 4.79 Å². The van der Waals surface area contributed by atoms with E-state index in [-0.39, 0.29) is 5.78 Å².